The monoisotopic (exact) mass is 293 g/mol. The minimum atomic E-state index is 0.386. The molecule has 1 fully saturated rings. The molecular weight excluding hydrogens is 270 g/mol. The molecular formula is C19H23N3. The standard InChI is InChI=1S/C19H23N3/c20-10-9-17-19-16-7-3-1-5-14(16)13-15-6-2-4-8-18(15)22(19)12-11-21-17/h1-8,17,19,21H,9-13,20H2/t17?,19-/m0/s1. The number of hydrogen-bond donors (Lipinski definition) is 2. The number of nitrogens with one attached hydrogen (secondary N) is 1. The molecule has 2 atom stereocenters. The van der Waals surface area contributed by atoms with E-state index in [1.54, 1.807) is 0 Å². The molecule has 2 aromatic rings. The van der Waals surface area contributed by atoms with E-state index in [2.05, 4.69) is 58.7 Å². The van der Waals surface area contributed by atoms with Crippen molar-refractivity contribution in [1.29, 1.82) is 0 Å². The van der Waals surface area contributed by atoms with Crippen molar-refractivity contribution < 1.29 is 0 Å². The van der Waals surface area contributed by atoms with E-state index < -0.39 is 0 Å². The second-order valence-electron chi connectivity index (χ2n) is 6.28. The van der Waals surface area contributed by atoms with E-state index >= 15 is 0 Å². The van der Waals surface area contributed by atoms with Gasteiger partial charge in [0.25, 0.3) is 0 Å². The molecule has 1 unspecified atom stereocenters. The minimum Gasteiger partial charge on any atom is -0.361 e. The Hall–Kier alpha value is -1.84. The van der Waals surface area contributed by atoms with Crippen LogP contribution in [0.3, 0.4) is 0 Å². The lowest BCUT2D eigenvalue weighted by atomic mass is 9.90. The van der Waals surface area contributed by atoms with E-state index in [0.717, 1.165) is 32.5 Å². The lowest BCUT2D eigenvalue weighted by Crippen LogP contribution is -2.53. The Balaban J connectivity index is 1.88. The molecule has 2 aromatic carbocycles. The fourth-order valence-corrected chi connectivity index (χ4v) is 4.06. The van der Waals surface area contributed by atoms with Gasteiger partial charge in [0.05, 0.1) is 6.04 Å². The molecule has 1 saturated heterocycles. The maximum absolute atomic E-state index is 5.88. The zero-order valence-electron chi connectivity index (χ0n) is 12.8. The van der Waals surface area contributed by atoms with Gasteiger partial charge < -0.3 is 16.0 Å². The molecule has 0 amide bonds. The average Bonchev–Trinajstić information content (AvgIpc) is 2.70. The second kappa shape index (κ2) is 5.75. The lowest BCUT2D eigenvalue weighted by Gasteiger charge is -2.43. The molecule has 0 aromatic heterocycles. The third-order valence-corrected chi connectivity index (χ3v) is 5.01. The molecule has 3 nitrogen and oxygen atoms in total. The van der Waals surface area contributed by atoms with Gasteiger partial charge in [0.15, 0.2) is 0 Å². The van der Waals surface area contributed by atoms with Crippen LogP contribution in [0.2, 0.25) is 0 Å². The van der Waals surface area contributed by atoms with E-state index in [0.29, 0.717) is 12.1 Å². The van der Waals surface area contributed by atoms with Crippen molar-refractivity contribution in [3.63, 3.8) is 0 Å². The molecule has 22 heavy (non-hydrogen) atoms. The fourth-order valence-electron chi connectivity index (χ4n) is 4.06. The van der Waals surface area contributed by atoms with Crippen LogP contribution < -0.4 is 16.0 Å². The summed E-state index contributed by atoms with van der Waals surface area (Å²) in [7, 11) is 0. The number of benzene rings is 2. The predicted molar refractivity (Wildman–Crippen MR) is 91.2 cm³/mol. The van der Waals surface area contributed by atoms with Crippen molar-refractivity contribution >= 4 is 5.69 Å². The van der Waals surface area contributed by atoms with E-state index in [9.17, 15) is 0 Å². The second-order valence-corrected chi connectivity index (χ2v) is 6.28. The van der Waals surface area contributed by atoms with Crippen LogP contribution in [-0.2, 0) is 6.42 Å². The molecule has 0 aliphatic carbocycles. The third kappa shape index (κ3) is 2.21. The van der Waals surface area contributed by atoms with Crippen molar-refractivity contribution in [2.45, 2.75) is 24.9 Å². The van der Waals surface area contributed by atoms with Gasteiger partial charge in [-0.05, 0) is 42.1 Å². The van der Waals surface area contributed by atoms with Gasteiger partial charge in [0.2, 0.25) is 0 Å². The smallest absolute Gasteiger partial charge is 0.0699 e. The first-order valence-electron chi connectivity index (χ1n) is 8.24. The van der Waals surface area contributed by atoms with E-state index in [4.69, 9.17) is 5.73 Å². The summed E-state index contributed by atoms with van der Waals surface area (Å²) in [6.07, 6.45) is 2.03. The summed E-state index contributed by atoms with van der Waals surface area (Å²) in [4.78, 5) is 2.60. The molecule has 2 heterocycles. The van der Waals surface area contributed by atoms with Gasteiger partial charge in [-0.1, -0.05) is 42.5 Å². The Morgan fingerprint density at radius 2 is 1.82 bits per heavy atom. The molecule has 0 radical (unpaired) electrons. The van der Waals surface area contributed by atoms with Gasteiger partial charge in [-0.3, -0.25) is 0 Å². The maximum atomic E-state index is 5.88. The van der Waals surface area contributed by atoms with Gasteiger partial charge >= 0.3 is 0 Å². The summed E-state index contributed by atoms with van der Waals surface area (Å²) in [6, 6.07) is 18.6. The average molecular weight is 293 g/mol. The summed E-state index contributed by atoms with van der Waals surface area (Å²) in [5.41, 5.74) is 11.6. The van der Waals surface area contributed by atoms with Gasteiger partial charge in [-0.25, -0.2) is 0 Å². The number of piperazine rings is 1. The summed E-state index contributed by atoms with van der Waals surface area (Å²) in [5, 5.41) is 3.70. The summed E-state index contributed by atoms with van der Waals surface area (Å²) in [5.74, 6) is 0. The Kier molecular flexibility index (Phi) is 3.60. The number of anilines is 1. The SMILES string of the molecule is NCCC1NCCN2c3ccccc3Cc3ccccc3[C@@H]12. The Morgan fingerprint density at radius 1 is 1.05 bits per heavy atom. The number of nitrogens with two attached hydrogens (primary N) is 1. The molecule has 3 heteroatoms. The van der Waals surface area contributed by atoms with Crippen molar-refractivity contribution in [1.82, 2.24) is 5.32 Å². The summed E-state index contributed by atoms with van der Waals surface area (Å²) in [6.45, 7) is 2.81. The Bertz CT molecular complexity index is 665. The van der Waals surface area contributed by atoms with Gasteiger partial charge in [-0.15, -0.1) is 0 Å². The van der Waals surface area contributed by atoms with Crippen molar-refractivity contribution in [3.8, 4) is 0 Å². The zero-order valence-corrected chi connectivity index (χ0v) is 12.8. The van der Waals surface area contributed by atoms with E-state index in [-0.39, 0.29) is 0 Å². The quantitative estimate of drug-likeness (QED) is 0.894. The molecule has 2 aliphatic rings. The highest BCUT2D eigenvalue weighted by Gasteiger charge is 2.35. The predicted octanol–water partition coefficient (Wildman–Crippen LogP) is 2.46. The van der Waals surface area contributed by atoms with Gasteiger partial charge in [-0.2, -0.15) is 0 Å². The third-order valence-electron chi connectivity index (χ3n) is 5.01. The minimum absolute atomic E-state index is 0.386. The molecule has 0 bridgehead atoms. The van der Waals surface area contributed by atoms with E-state index in [1.807, 2.05) is 0 Å². The van der Waals surface area contributed by atoms with E-state index in [1.165, 1.54) is 22.4 Å². The molecule has 2 aliphatic heterocycles. The molecule has 0 saturated carbocycles. The number of nitrogens with zero attached hydrogens (tertiary/aromatic N) is 1. The first-order valence-corrected chi connectivity index (χ1v) is 8.24. The lowest BCUT2D eigenvalue weighted by molar-refractivity contribution is 0.356. The normalized spacial score (nSPS) is 23.2. The molecule has 114 valence electrons. The first-order chi connectivity index (χ1) is 10.9. The molecule has 0 spiro atoms. The van der Waals surface area contributed by atoms with Crippen LogP contribution in [0.1, 0.15) is 29.2 Å². The van der Waals surface area contributed by atoms with Crippen LogP contribution in [0.4, 0.5) is 5.69 Å². The van der Waals surface area contributed by atoms with Crippen LogP contribution >= 0.6 is 0 Å². The highest BCUT2D eigenvalue weighted by Crippen LogP contribution is 2.40. The van der Waals surface area contributed by atoms with Gasteiger partial charge in [0.1, 0.15) is 0 Å². The number of para-hydroxylation sites is 1. The Morgan fingerprint density at radius 3 is 2.68 bits per heavy atom. The van der Waals surface area contributed by atoms with Crippen LogP contribution in [0.25, 0.3) is 0 Å². The fraction of sp³-hybridized carbons (Fsp3) is 0.368. The highest BCUT2D eigenvalue weighted by molar-refractivity contribution is 5.61. The molecule has 4 rings (SSSR count). The highest BCUT2D eigenvalue weighted by atomic mass is 15.2. The number of fused-ring (bicyclic) bond motifs is 5. The maximum Gasteiger partial charge on any atom is 0.0699 e. The largest absolute Gasteiger partial charge is 0.361 e. The molecule has 3 N–H and O–H groups in total. The van der Waals surface area contributed by atoms with Crippen LogP contribution in [0, 0.1) is 0 Å². The Labute approximate surface area is 132 Å². The topological polar surface area (TPSA) is 41.3 Å². The van der Waals surface area contributed by atoms with Crippen molar-refractivity contribution in [2.75, 3.05) is 24.5 Å². The summed E-state index contributed by atoms with van der Waals surface area (Å²) >= 11 is 0. The zero-order chi connectivity index (χ0) is 14.9. The van der Waals surface area contributed by atoms with Gasteiger partial charge in [0, 0.05) is 24.8 Å². The number of hydrogen-bond acceptors (Lipinski definition) is 3. The van der Waals surface area contributed by atoms with Crippen molar-refractivity contribution in [3.05, 3.63) is 65.2 Å². The van der Waals surface area contributed by atoms with Crippen molar-refractivity contribution in [2.24, 2.45) is 5.73 Å². The summed E-state index contributed by atoms with van der Waals surface area (Å²) < 4.78 is 0. The van der Waals surface area contributed by atoms with Crippen LogP contribution in [0.5, 0.6) is 0 Å². The first kappa shape index (κ1) is 13.8. The van der Waals surface area contributed by atoms with Crippen LogP contribution in [0.15, 0.2) is 48.5 Å². The number of rotatable bonds is 2. The van der Waals surface area contributed by atoms with Crippen LogP contribution in [-0.4, -0.2) is 25.7 Å².